The number of fused-ring (bicyclic) bond motifs is 1. The molecule has 0 spiro atoms. The van der Waals surface area contributed by atoms with Crippen LogP contribution in [0.5, 0.6) is 0 Å². The van der Waals surface area contributed by atoms with Gasteiger partial charge in [-0.05, 0) is 30.6 Å². The highest BCUT2D eigenvalue weighted by Gasteiger charge is 2.26. The van der Waals surface area contributed by atoms with Crippen molar-refractivity contribution in [3.05, 3.63) is 53.4 Å². The zero-order valence-corrected chi connectivity index (χ0v) is 13.6. The van der Waals surface area contributed by atoms with Crippen LogP contribution in [-0.4, -0.2) is 42.0 Å². The van der Waals surface area contributed by atoms with Crippen LogP contribution in [0.1, 0.15) is 10.4 Å². The van der Waals surface area contributed by atoms with E-state index < -0.39 is 0 Å². The fourth-order valence-corrected chi connectivity index (χ4v) is 3.65. The highest BCUT2D eigenvalue weighted by Crippen LogP contribution is 2.28. The number of hydrogen-bond donors (Lipinski definition) is 1. The molecule has 1 amide bonds. The van der Waals surface area contributed by atoms with Gasteiger partial charge in [0.25, 0.3) is 5.91 Å². The molecule has 0 aliphatic carbocycles. The molecule has 116 valence electrons. The van der Waals surface area contributed by atoms with Gasteiger partial charge < -0.3 is 10.2 Å². The van der Waals surface area contributed by atoms with Crippen LogP contribution < -0.4 is 5.32 Å². The minimum absolute atomic E-state index is 0.0143. The molecule has 0 radical (unpaired) electrons. The summed E-state index contributed by atoms with van der Waals surface area (Å²) in [5.74, 6) is -0.0143. The molecule has 2 aromatic heterocycles. The first kappa shape index (κ1) is 14.4. The SMILES string of the molecule is CN1CC(NC(=O)c2cc(-c3cccs3)nc3ccccc23)C1. The Morgan fingerprint density at radius 3 is 2.83 bits per heavy atom. The minimum Gasteiger partial charge on any atom is -0.347 e. The number of carbonyl (C=O) groups is 1. The summed E-state index contributed by atoms with van der Waals surface area (Å²) in [4.78, 5) is 20.7. The molecule has 1 aliphatic rings. The number of likely N-dealkylation sites (tertiary alicyclic amines) is 1. The zero-order valence-electron chi connectivity index (χ0n) is 12.8. The smallest absolute Gasteiger partial charge is 0.252 e. The Balaban J connectivity index is 1.75. The molecular formula is C18H17N3OS. The Hall–Kier alpha value is -2.24. The van der Waals surface area contributed by atoms with Crippen molar-refractivity contribution in [1.29, 1.82) is 0 Å². The van der Waals surface area contributed by atoms with Gasteiger partial charge in [-0.2, -0.15) is 0 Å². The Kier molecular flexibility index (Phi) is 3.59. The van der Waals surface area contributed by atoms with Crippen LogP contribution in [-0.2, 0) is 0 Å². The van der Waals surface area contributed by atoms with Crippen LogP contribution in [0.3, 0.4) is 0 Å². The number of para-hydroxylation sites is 1. The number of pyridine rings is 1. The van der Waals surface area contributed by atoms with E-state index in [-0.39, 0.29) is 11.9 Å². The van der Waals surface area contributed by atoms with E-state index in [2.05, 4.69) is 17.3 Å². The standard InChI is InChI=1S/C18H17N3OS/c1-21-10-12(11-21)19-18(22)14-9-16(17-7-4-8-23-17)20-15-6-3-2-5-13(14)15/h2-9,12H,10-11H2,1H3,(H,19,22). The summed E-state index contributed by atoms with van der Waals surface area (Å²) < 4.78 is 0. The number of thiophene rings is 1. The molecule has 3 aromatic rings. The van der Waals surface area contributed by atoms with E-state index in [0.717, 1.165) is 34.6 Å². The number of nitrogens with zero attached hydrogens (tertiary/aromatic N) is 2. The van der Waals surface area contributed by atoms with Crippen molar-refractivity contribution >= 4 is 28.1 Å². The molecule has 1 saturated heterocycles. The van der Waals surface area contributed by atoms with Crippen LogP contribution in [0.2, 0.25) is 0 Å². The second-order valence-corrected chi connectivity index (χ2v) is 6.89. The predicted octanol–water partition coefficient (Wildman–Crippen LogP) is 3.01. The summed E-state index contributed by atoms with van der Waals surface area (Å²) in [7, 11) is 2.05. The lowest BCUT2D eigenvalue weighted by molar-refractivity contribution is 0.0859. The monoisotopic (exact) mass is 323 g/mol. The number of rotatable bonds is 3. The first-order valence-electron chi connectivity index (χ1n) is 7.64. The highest BCUT2D eigenvalue weighted by atomic mass is 32.1. The third-order valence-electron chi connectivity index (χ3n) is 4.13. The summed E-state index contributed by atoms with van der Waals surface area (Å²) in [6.45, 7) is 1.82. The van der Waals surface area contributed by atoms with Crippen molar-refractivity contribution < 1.29 is 4.79 Å². The third kappa shape index (κ3) is 2.73. The minimum atomic E-state index is -0.0143. The lowest BCUT2D eigenvalue weighted by Crippen LogP contribution is -2.57. The van der Waals surface area contributed by atoms with E-state index in [4.69, 9.17) is 4.98 Å². The molecule has 1 fully saturated rings. The van der Waals surface area contributed by atoms with Crippen molar-refractivity contribution in [2.45, 2.75) is 6.04 Å². The second kappa shape index (κ2) is 5.76. The molecule has 0 unspecified atom stereocenters. The number of nitrogens with one attached hydrogen (secondary N) is 1. The first-order chi connectivity index (χ1) is 11.2. The number of hydrogen-bond acceptors (Lipinski definition) is 4. The van der Waals surface area contributed by atoms with Crippen molar-refractivity contribution in [1.82, 2.24) is 15.2 Å². The Morgan fingerprint density at radius 2 is 2.09 bits per heavy atom. The quantitative estimate of drug-likeness (QED) is 0.806. The van der Waals surface area contributed by atoms with E-state index in [1.165, 1.54) is 0 Å². The summed E-state index contributed by atoms with van der Waals surface area (Å²) in [6, 6.07) is 14.0. The van der Waals surface area contributed by atoms with Crippen LogP contribution >= 0.6 is 11.3 Å². The largest absolute Gasteiger partial charge is 0.347 e. The Labute approximate surface area is 138 Å². The topological polar surface area (TPSA) is 45.2 Å². The summed E-state index contributed by atoms with van der Waals surface area (Å²) in [5, 5.41) is 6.05. The molecule has 0 bridgehead atoms. The maximum absolute atomic E-state index is 12.7. The van der Waals surface area contributed by atoms with Gasteiger partial charge >= 0.3 is 0 Å². The van der Waals surface area contributed by atoms with E-state index in [0.29, 0.717) is 5.56 Å². The maximum Gasteiger partial charge on any atom is 0.252 e. The van der Waals surface area contributed by atoms with Gasteiger partial charge in [0.05, 0.1) is 27.7 Å². The Bertz CT molecular complexity index is 854. The van der Waals surface area contributed by atoms with E-state index in [1.54, 1.807) is 11.3 Å². The van der Waals surface area contributed by atoms with Gasteiger partial charge in [0.1, 0.15) is 0 Å². The number of carbonyl (C=O) groups excluding carboxylic acids is 1. The van der Waals surface area contributed by atoms with Gasteiger partial charge in [0.15, 0.2) is 0 Å². The maximum atomic E-state index is 12.7. The normalized spacial score (nSPS) is 15.5. The van der Waals surface area contributed by atoms with E-state index >= 15 is 0 Å². The summed E-state index contributed by atoms with van der Waals surface area (Å²) >= 11 is 1.63. The van der Waals surface area contributed by atoms with Crippen LogP contribution in [0, 0.1) is 0 Å². The summed E-state index contributed by atoms with van der Waals surface area (Å²) in [5.41, 5.74) is 2.41. The van der Waals surface area contributed by atoms with E-state index in [1.807, 2.05) is 47.8 Å². The molecule has 1 aliphatic heterocycles. The van der Waals surface area contributed by atoms with Gasteiger partial charge in [0, 0.05) is 18.5 Å². The van der Waals surface area contributed by atoms with Crippen molar-refractivity contribution in [2.75, 3.05) is 20.1 Å². The van der Waals surface area contributed by atoms with Crippen LogP contribution in [0.15, 0.2) is 47.8 Å². The van der Waals surface area contributed by atoms with Crippen molar-refractivity contribution in [3.63, 3.8) is 0 Å². The van der Waals surface area contributed by atoms with Crippen molar-refractivity contribution in [3.8, 4) is 10.6 Å². The fourth-order valence-electron chi connectivity index (χ4n) is 2.97. The fraction of sp³-hybridized carbons (Fsp3) is 0.222. The average Bonchev–Trinajstić information content (AvgIpc) is 3.06. The highest BCUT2D eigenvalue weighted by molar-refractivity contribution is 7.13. The molecule has 1 aromatic carbocycles. The van der Waals surface area contributed by atoms with Gasteiger partial charge in [-0.1, -0.05) is 24.3 Å². The second-order valence-electron chi connectivity index (χ2n) is 5.94. The summed E-state index contributed by atoms with van der Waals surface area (Å²) in [6.07, 6.45) is 0. The molecule has 5 heteroatoms. The zero-order chi connectivity index (χ0) is 15.8. The molecule has 4 rings (SSSR count). The van der Waals surface area contributed by atoms with Gasteiger partial charge in [-0.3, -0.25) is 4.79 Å². The van der Waals surface area contributed by atoms with Gasteiger partial charge in [-0.15, -0.1) is 11.3 Å². The lowest BCUT2D eigenvalue weighted by Gasteiger charge is -2.36. The molecule has 3 heterocycles. The van der Waals surface area contributed by atoms with E-state index in [9.17, 15) is 4.79 Å². The number of likely N-dealkylation sites (N-methyl/N-ethyl adjacent to an activating group) is 1. The van der Waals surface area contributed by atoms with Crippen LogP contribution in [0.4, 0.5) is 0 Å². The molecule has 0 saturated carbocycles. The molecular weight excluding hydrogens is 306 g/mol. The molecule has 1 N–H and O–H groups in total. The first-order valence-corrected chi connectivity index (χ1v) is 8.52. The third-order valence-corrected chi connectivity index (χ3v) is 5.03. The molecule has 0 atom stereocenters. The Morgan fingerprint density at radius 1 is 1.26 bits per heavy atom. The number of aromatic nitrogens is 1. The average molecular weight is 323 g/mol. The molecule has 4 nitrogen and oxygen atoms in total. The van der Waals surface area contributed by atoms with Crippen molar-refractivity contribution in [2.24, 2.45) is 0 Å². The van der Waals surface area contributed by atoms with Crippen LogP contribution in [0.25, 0.3) is 21.5 Å². The molecule has 23 heavy (non-hydrogen) atoms. The lowest BCUT2D eigenvalue weighted by atomic mass is 10.0. The van der Waals surface area contributed by atoms with Gasteiger partial charge in [0.2, 0.25) is 0 Å². The van der Waals surface area contributed by atoms with Gasteiger partial charge in [-0.25, -0.2) is 4.98 Å². The predicted molar refractivity (Wildman–Crippen MR) is 93.8 cm³/mol. The number of benzene rings is 1. The number of amides is 1.